The van der Waals surface area contributed by atoms with Gasteiger partial charge in [-0.15, -0.1) is 0 Å². The third-order valence-electron chi connectivity index (χ3n) is 9.99. The van der Waals surface area contributed by atoms with Crippen LogP contribution >= 0.6 is 0 Å². The van der Waals surface area contributed by atoms with Crippen LogP contribution < -0.4 is 0 Å². The van der Waals surface area contributed by atoms with Crippen LogP contribution in [0.4, 0.5) is 0 Å². The Morgan fingerprint density at radius 2 is 0.913 bits per heavy atom. The molecule has 2 nitrogen and oxygen atoms in total. The van der Waals surface area contributed by atoms with Gasteiger partial charge in [0.05, 0.1) is 0 Å². The van der Waals surface area contributed by atoms with Crippen LogP contribution in [0, 0.1) is 0 Å². The third kappa shape index (κ3) is 3.15. The van der Waals surface area contributed by atoms with Crippen molar-refractivity contribution in [3.8, 4) is 22.3 Å². The Bertz CT molecular complexity index is 2970. The predicted octanol–water partition coefficient (Wildman–Crippen LogP) is 12.9. The lowest BCUT2D eigenvalue weighted by molar-refractivity contribution is 0.669. The van der Waals surface area contributed by atoms with Crippen molar-refractivity contribution in [2.75, 3.05) is 0 Å². The van der Waals surface area contributed by atoms with E-state index in [0.29, 0.717) is 0 Å². The van der Waals surface area contributed by atoms with Crippen molar-refractivity contribution in [1.82, 2.24) is 0 Å². The zero-order valence-electron chi connectivity index (χ0n) is 24.7. The van der Waals surface area contributed by atoms with Gasteiger partial charge in [0.1, 0.15) is 22.3 Å². The summed E-state index contributed by atoms with van der Waals surface area (Å²) in [5, 5.41) is 14.5. The maximum atomic E-state index is 6.38. The number of hydrogen-bond acceptors (Lipinski definition) is 2. The minimum Gasteiger partial charge on any atom is -0.456 e. The van der Waals surface area contributed by atoms with Crippen LogP contribution in [0.2, 0.25) is 0 Å². The molecule has 11 aromatic rings. The fraction of sp³-hybridized carbons (Fsp3) is 0. The van der Waals surface area contributed by atoms with Gasteiger partial charge in [-0.05, 0) is 108 Å². The fourth-order valence-electron chi connectivity index (χ4n) is 8.01. The molecule has 2 heteroatoms. The van der Waals surface area contributed by atoms with Crippen LogP contribution in [0.25, 0.3) is 109 Å². The van der Waals surface area contributed by atoms with Crippen molar-refractivity contribution >= 4 is 87.0 Å². The van der Waals surface area contributed by atoms with Gasteiger partial charge in [0.15, 0.2) is 0 Å². The number of rotatable bonds is 2. The van der Waals surface area contributed by atoms with E-state index in [1.54, 1.807) is 0 Å². The van der Waals surface area contributed by atoms with Crippen molar-refractivity contribution < 1.29 is 8.83 Å². The molecule has 0 aliphatic carbocycles. The lowest BCUT2D eigenvalue weighted by Crippen LogP contribution is -1.91. The molecule has 0 saturated carbocycles. The van der Waals surface area contributed by atoms with E-state index in [1.165, 1.54) is 76.1 Å². The predicted molar refractivity (Wildman–Crippen MR) is 193 cm³/mol. The minimum absolute atomic E-state index is 0.908. The smallest absolute Gasteiger partial charge is 0.136 e. The maximum Gasteiger partial charge on any atom is 0.136 e. The summed E-state index contributed by atoms with van der Waals surface area (Å²) in [6.45, 7) is 0. The molecule has 0 spiro atoms. The Labute approximate surface area is 263 Å². The normalized spacial score (nSPS) is 12.3. The Morgan fingerprint density at radius 1 is 0.304 bits per heavy atom. The molecule has 46 heavy (non-hydrogen) atoms. The van der Waals surface area contributed by atoms with E-state index in [9.17, 15) is 0 Å². The van der Waals surface area contributed by atoms with E-state index in [2.05, 4.69) is 146 Å². The van der Waals surface area contributed by atoms with Crippen LogP contribution in [-0.4, -0.2) is 0 Å². The number of hydrogen-bond donors (Lipinski definition) is 0. The highest BCUT2D eigenvalue weighted by molar-refractivity contribution is 6.29. The van der Waals surface area contributed by atoms with Crippen molar-refractivity contribution in [3.63, 3.8) is 0 Å². The molecule has 9 aromatic carbocycles. The van der Waals surface area contributed by atoms with Gasteiger partial charge < -0.3 is 8.83 Å². The highest BCUT2D eigenvalue weighted by atomic mass is 16.3. The molecule has 2 heterocycles. The van der Waals surface area contributed by atoms with E-state index < -0.39 is 0 Å². The summed E-state index contributed by atoms with van der Waals surface area (Å²) in [6.07, 6.45) is 0. The molecule has 0 N–H and O–H groups in total. The summed E-state index contributed by atoms with van der Waals surface area (Å²) < 4.78 is 12.7. The van der Waals surface area contributed by atoms with Crippen LogP contribution in [0.1, 0.15) is 0 Å². The van der Waals surface area contributed by atoms with E-state index >= 15 is 0 Å². The van der Waals surface area contributed by atoms with Gasteiger partial charge in [-0.2, -0.15) is 0 Å². The molecule has 0 amide bonds. The number of benzene rings is 9. The molecule has 0 aliphatic rings. The summed E-state index contributed by atoms with van der Waals surface area (Å²) in [5.74, 6) is 0. The topological polar surface area (TPSA) is 26.3 Å². The molecule has 0 fully saturated rings. The SMILES string of the molecule is c1ccc2cc3c(cc2c1)oc1ccc(-c2c4ccccc4c(-c4ccc5oc6cccc7ccc4c5c76)c4ccccc24)cc13. The van der Waals surface area contributed by atoms with Crippen molar-refractivity contribution in [2.24, 2.45) is 0 Å². The Kier molecular flexibility index (Phi) is 4.61. The summed E-state index contributed by atoms with van der Waals surface area (Å²) in [7, 11) is 0. The molecule has 0 saturated heterocycles. The van der Waals surface area contributed by atoms with E-state index in [-0.39, 0.29) is 0 Å². The van der Waals surface area contributed by atoms with E-state index in [4.69, 9.17) is 8.83 Å². The van der Waals surface area contributed by atoms with Crippen LogP contribution in [0.3, 0.4) is 0 Å². The monoisotopic (exact) mass is 584 g/mol. The molecular weight excluding hydrogens is 560 g/mol. The number of furan rings is 2. The lowest BCUT2D eigenvalue weighted by atomic mass is 9.84. The van der Waals surface area contributed by atoms with Gasteiger partial charge in [-0.3, -0.25) is 0 Å². The molecule has 0 bridgehead atoms. The first-order chi connectivity index (χ1) is 22.8. The first-order valence-corrected chi connectivity index (χ1v) is 15.8. The van der Waals surface area contributed by atoms with Gasteiger partial charge in [-0.1, -0.05) is 103 Å². The third-order valence-corrected chi connectivity index (χ3v) is 9.99. The van der Waals surface area contributed by atoms with Gasteiger partial charge in [0.25, 0.3) is 0 Å². The second-order valence-corrected chi connectivity index (χ2v) is 12.4. The molecule has 0 atom stereocenters. The molecule has 0 unspecified atom stereocenters. The van der Waals surface area contributed by atoms with Gasteiger partial charge in [-0.25, -0.2) is 0 Å². The summed E-state index contributed by atoms with van der Waals surface area (Å²) >= 11 is 0. The largest absolute Gasteiger partial charge is 0.456 e. The Morgan fingerprint density at radius 3 is 1.70 bits per heavy atom. The fourth-order valence-corrected chi connectivity index (χ4v) is 8.01. The lowest BCUT2D eigenvalue weighted by Gasteiger charge is -2.19. The average molecular weight is 585 g/mol. The second kappa shape index (κ2) is 8.74. The molecule has 2 aromatic heterocycles. The average Bonchev–Trinajstić information content (AvgIpc) is 3.67. The first-order valence-electron chi connectivity index (χ1n) is 15.8. The van der Waals surface area contributed by atoms with Gasteiger partial charge >= 0.3 is 0 Å². The number of fused-ring (bicyclic) bond motifs is 6. The highest BCUT2D eigenvalue weighted by Gasteiger charge is 2.21. The summed E-state index contributed by atoms with van der Waals surface area (Å²) in [4.78, 5) is 0. The van der Waals surface area contributed by atoms with Crippen LogP contribution in [0.5, 0.6) is 0 Å². The second-order valence-electron chi connectivity index (χ2n) is 12.4. The Balaban J connectivity index is 1.24. The van der Waals surface area contributed by atoms with Crippen LogP contribution in [0.15, 0.2) is 154 Å². The van der Waals surface area contributed by atoms with Crippen LogP contribution in [-0.2, 0) is 0 Å². The van der Waals surface area contributed by atoms with Crippen molar-refractivity contribution in [2.45, 2.75) is 0 Å². The first kappa shape index (κ1) is 24.2. The summed E-state index contributed by atoms with van der Waals surface area (Å²) in [5.41, 5.74) is 8.61. The highest BCUT2D eigenvalue weighted by Crippen LogP contribution is 2.48. The van der Waals surface area contributed by atoms with Gasteiger partial charge in [0.2, 0.25) is 0 Å². The standard InChI is InChI=1S/C44H24O2/c1-2-9-27-24-40-36(22-26(27)8-1)35-23-28(17-20-37(35)45-40)41-29-11-3-5-13-31(29)43(32-14-6-4-12-30(32)41)33-19-21-39-44-34(33)18-16-25-10-7-15-38(46-39)42(25)44/h1-24H. The van der Waals surface area contributed by atoms with Crippen molar-refractivity contribution in [3.05, 3.63) is 146 Å². The van der Waals surface area contributed by atoms with E-state index in [1.807, 2.05) is 0 Å². The zero-order valence-corrected chi connectivity index (χ0v) is 24.7. The molecule has 11 rings (SSSR count). The van der Waals surface area contributed by atoms with E-state index in [0.717, 1.165) is 33.1 Å². The Hall–Kier alpha value is -6.12. The van der Waals surface area contributed by atoms with Crippen molar-refractivity contribution in [1.29, 1.82) is 0 Å². The molecular formula is C44H24O2. The maximum absolute atomic E-state index is 6.38. The molecule has 0 radical (unpaired) electrons. The minimum atomic E-state index is 0.908. The van der Waals surface area contributed by atoms with Gasteiger partial charge in [0, 0.05) is 21.5 Å². The quantitative estimate of drug-likeness (QED) is 0.149. The molecule has 212 valence electrons. The summed E-state index contributed by atoms with van der Waals surface area (Å²) in [6, 6.07) is 52.5. The molecule has 0 aliphatic heterocycles. The zero-order chi connectivity index (χ0) is 29.9.